The number of nitrogens with zero attached hydrogens (tertiary/aromatic N) is 1. The van der Waals surface area contributed by atoms with Crippen LogP contribution in [0.25, 0.3) is 0 Å². The Kier molecular flexibility index (Phi) is 8.29. The minimum atomic E-state index is -0.473. The first-order chi connectivity index (χ1) is 20.5. The summed E-state index contributed by atoms with van der Waals surface area (Å²) in [5, 5.41) is 0. The van der Waals surface area contributed by atoms with Gasteiger partial charge in [-0.15, -0.1) is 0 Å². The Bertz CT molecular complexity index is 1550. The second kappa shape index (κ2) is 12.3. The molecule has 7 heteroatoms. The monoisotopic (exact) mass is 629 g/mol. The van der Waals surface area contributed by atoms with Gasteiger partial charge in [0.05, 0.1) is 11.1 Å². The maximum Gasteiger partial charge on any atom is 0.175 e. The fourth-order valence-electron chi connectivity index (χ4n) is 6.43. The molecule has 0 unspecified atom stereocenters. The van der Waals surface area contributed by atoms with Crippen molar-refractivity contribution < 1.29 is 23.5 Å². The molecule has 3 aliphatic rings. The van der Waals surface area contributed by atoms with E-state index in [1.165, 1.54) is 6.07 Å². The number of ketones is 2. The lowest BCUT2D eigenvalue weighted by atomic mass is 9.71. The summed E-state index contributed by atoms with van der Waals surface area (Å²) < 4.78 is 27.1. The largest absolute Gasteiger partial charge is 0.490 e. The summed E-state index contributed by atoms with van der Waals surface area (Å²) in [4.78, 5) is 29.7. The van der Waals surface area contributed by atoms with E-state index in [0.717, 1.165) is 59.4 Å². The SMILES string of the molecule is CCOc1cc(C2C3=C(CCCC3=O)N(Cc3ccccc3)C3=C2C(=O)CCC3)cc(Br)c1OCc1ccccc1F. The highest BCUT2D eigenvalue weighted by Gasteiger charge is 2.43. The fourth-order valence-corrected chi connectivity index (χ4v) is 7.00. The summed E-state index contributed by atoms with van der Waals surface area (Å²) in [7, 11) is 0. The Hall–Kier alpha value is -3.71. The zero-order chi connectivity index (χ0) is 29.2. The van der Waals surface area contributed by atoms with Crippen molar-refractivity contribution in [2.45, 2.75) is 64.5 Å². The highest BCUT2D eigenvalue weighted by Crippen LogP contribution is 2.51. The summed E-state index contributed by atoms with van der Waals surface area (Å²) in [5.41, 5.74) is 5.90. The fraction of sp³-hybridized carbons (Fsp3) is 0.314. The molecule has 0 aromatic heterocycles. The number of carbonyl (C=O) groups is 2. The lowest BCUT2D eigenvalue weighted by Crippen LogP contribution is -2.38. The van der Waals surface area contributed by atoms with Crippen LogP contribution in [0.2, 0.25) is 0 Å². The zero-order valence-corrected chi connectivity index (χ0v) is 25.2. The van der Waals surface area contributed by atoms with Gasteiger partial charge in [-0.1, -0.05) is 48.5 Å². The highest BCUT2D eigenvalue weighted by atomic mass is 79.9. The molecule has 3 aromatic rings. The lowest BCUT2D eigenvalue weighted by Gasteiger charge is -2.44. The van der Waals surface area contributed by atoms with Crippen LogP contribution in [0, 0.1) is 5.82 Å². The Morgan fingerprint density at radius 1 is 0.857 bits per heavy atom. The van der Waals surface area contributed by atoms with Crippen LogP contribution >= 0.6 is 15.9 Å². The molecule has 6 rings (SSSR count). The molecule has 0 fully saturated rings. The molecule has 0 N–H and O–H groups in total. The Labute approximate surface area is 254 Å². The third-order valence-corrected chi connectivity index (χ3v) is 8.85. The van der Waals surface area contributed by atoms with Gasteiger partial charge in [0.2, 0.25) is 0 Å². The van der Waals surface area contributed by atoms with Crippen LogP contribution in [0.4, 0.5) is 4.39 Å². The molecule has 0 atom stereocenters. The van der Waals surface area contributed by atoms with Gasteiger partial charge in [-0.3, -0.25) is 9.59 Å². The van der Waals surface area contributed by atoms with Gasteiger partial charge in [0.15, 0.2) is 23.1 Å². The van der Waals surface area contributed by atoms with E-state index in [-0.39, 0.29) is 24.0 Å². The molecule has 0 spiro atoms. The summed E-state index contributed by atoms with van der Waals surface area (Å²) in [6.45, 7) is 2.94. The van der Waals surface area contributed by atoms with E-state index in [0.29, 0.717) is 47.5 Å². The molecule has 5 nitrogen and oxygen atoms in total. The second-order valence-corrected chi connectivity index (χ2v) is 11.8. The van der Waals surface area contributed by atoms with Crippen LogP contribution in [0.15, 0.2) is 93.7 Å². The number of Topliss-reactive ketones (excluding diaryl/α,β-unsaturated/α-hetero) is 2. The minimum Gasteiger partial charge on any atom is -0.490 e. The van der Waals surface area contributed by atoms with Crippen molar-refractivity contribution in [3.63, 3.8) is 0 Å². The van der Waals surface area contributed by atoms with E-state index in [1.807, 2.05) is 37.3 Å². The molecular weight excluding hydrogens is 597 g/mol. The van der Waals surface area contributed by atoms with Gasteiger partial charge >= 0.3 is 0 Å². The predicted molar refractivity (Wildman–Crippen MR) is 163 cm³/mol. The van der Waals surface area contributed by atoms with E-state index < -0.39 is 5.92 Å². The summed E-state index contributed by atoms with van der Waals surface area (Å²) in [6.07, 6.45) is 4.10. The van der Waals surface area contributed by atoms with Gasteiger partial charge in [-0.25, -0.2) is 4.39 Å². The second-order valence-electron chi connectivity index (χ2n) is 10.9. The summed E-state index contributed by atoms with van der Waals surface area (Å²) in [6, 6.07) is 20.5. The van der Waals surface area contributed by atoms with Crippen molar-refractivity contribution in [3.05, 3.63) is 116 Å². The van der Waals surface area contributed by atoms with Gasteiger partial charge < -0.3 is 14.4 Å². The average Bonchev–Trinajstić information content (AvgIpc) is 2.99. The lowest BCUT2D eigenvalue weighted by molar-refractivity contribution is -0.117. The minimum absolute atomic E-state index is 0.0319. The zero-order valence-electron chi connectivity index (χ0n) is 23.6. The van der Waals surface area contributed by atoms with Crippen molar-refractivity contribution in [3.8, 4) is 11.5 Å². The molecule has 0 saturated carbocycles. The molecule has 2 aliphatic carbocycles. The smallest absolute Gasteiger partial charge is 0.175 e. The molecule has 0 radical (unpaired) electrons. The summed E-state index contributed by atoms with van der Waals surface area (Å²) >= 11 is 3.68. The molecule has 1 aliphatic heterocycles. The molecule has 1 heterocycles. The summed E-state index contributed by atoms with van der Waals surface area (Å²) in [5.74, 6) is 0.325. The van der Waals surface area contributed by atoms with Gasteiger partial charge in [-0.2, -0.15) is 0 Å². The van der Waals surface area contributed by atoms with Crippen molar-refractivity contribution >= 4 is 27.5 Å². The number of ether oxygens (including phenoxy) is 2. The predicted octanol–water partition coefficient (Wildman–Crippen LogP) is 8.18. The van der Waals surface area contributed by atoms with E-state index in [2.05, 4.69) is 33.0 Å². The Balaban J connectivity index is 1.46. The third kappa shape index (κ3) is 5.42. The molecule has 0 amide bonds. The van der Waals surface area contributed by atoms with E-state index in [1.54, 1.807) is 18.2 Å². The van der Waals surface area contributed by atoms with Gasteiger partial charge in [0.25, 0.3) is 0 Å². The Morgan fingerprint density at radius 3 is 2.14 bits per heavy atom. The first kappa shape index (κ1) is 28.4. The average molecular weight is 631 g/mol. The number of halogens is 2. The first-order valence-corrected chi connectivity index (χ1v) is 15.4. The maximum atomic E-state index is 14.3. The number of hydrogen-bond acceptors (Lipinski definition) is 5. The molecule has 3 aromatic carbocycles. The molecule has 0 saturated heterocycles. The number of rotatable bonds is 8. The number of benzene rings is 3. The number of allylic oxidation sites excluding steroid dienone is 4. The van der Waals surface area contributed by atoms with Crippen LogP contribution in [0.5, 0.6) is 11.5 Å². The highest BCUT2D eigenvalue weighted by molar-refractivity contribution is 9.10. The maximum absolute atomic E-state index is 14.3. The topological polar surface area (TPSA) is 55.8 Å². The van der Waals surface area contributed by atoms with Gasteiger partial charge in [-0.05, 0) is 77.9 Å². The van der Waals surface area contributed by atoms with E-state index >= 15 is 0 Å². The molecule has 0 bridgehead atoms. The first-order valence-electron chi connectivity index (χ1n) is 14.6. The number of carbonyl (C=O) groups excluding carboxylic acids is 2. The van der Waals surface area contributed by atoms with Crippen LogP contribution in [-0.4, -0.2) is 23.1 Å². The van der Waals surface area contributed by atoms with E-state index in [4.69, 9.17) is 9.47 Å². The van der Waals surface area contributed by atoms with Crippen LogP contribution < -0.4 is 9.47 Å². The normalized spacial score (nSPS) is 17.4. The molecular formula is C35H33BrFNO4. The van der Waals surface area contributed by atoms with Crippen molar-refractivity contribution in [2.24, 2.45) is 0 Å². The van der Waals surface area contributed by atoms with Crippen molar-refractivity contribution in [2.75, 3.05) is 6.61 Å². The van der Waals surface area contributed by atoms with Gasteiger partial charge in [0.1, 0.15) is 12.4 Å². The molecule has 42 heavy (non-hydrogen) atoms. The third-order valence-electron chi connectivity index (χ3n) is 8.26. The molecule has 216 valence electrons. The van der Waals surface area contributed by atoms with Crippen molar-refractivity contribution in [1.82, 2.24) is 4.90 Å². The van der Waals surface area contributed by atoms with Crippen LogP contribution in [-0.2, 0) is 22.7 Å². The number of hydrogen-bond donors (Lipinski definition) is 0. The van der Waals surface area contributed by atoms with Crippen LogP contribution in [0.1, 0.15) is 68.1 Å². The standard InChI is InChI=1S/C35H33BrFNO4/c1-2-41-31-19-24(18-25(36)35(31)42-21-23-12-6-7-13-26(23)37)32-33-27(14-8-16-29(33)39)38(20-22-10-4-3-5-11-22)28-15-9-17-30(40)34(28)32/h3-7,10-13,18-19,32H,2,8-9,14-17,20-21H2,1H3. The van der Waals surface area contributed by atoms with Gasteiger partial charge in [0, 0.05) is 53.4 Å². The Morgan fingerprint density at radius 2 is 1.50 bits per heavy atom. The van der Waals surface area contributed by atoms with E-state index in [9.17, 15) is 14.0 Å². The quantitative estimate of drug-likeness (QED) is 0.251. The van der Waals surface area contributed by atoms with Crippen LogP contribution in [0.3, 0.4) is 0 Å². The van der Waals surface area contributed by atoms with Crippen molar-refractivity contribution in [1.29, 1.82) is 0 Å².